The van der Waals surface area contributed by atoms with E-state index in [1.165, 1.54) is 0 Å². The molecule has 2 rings (SSSR count). The van der Waals surface area contributed by atoms with Gasteiger partial charge >= 0.3 is 5.97 Å². The van der Waals surface area contributed by atoms with Crippen LogP contribution in [-0.2, 0) is 4.74 Å². The molecule has 0 aliphatic heterocycles. The predicted octanol–water partition coefficient (Wildman–Crippen LogP) is 4.09. The van der Waals surface area contributed by atoms with Gasteiger partial charge in [0, 0.05) is 0 Å². The van der Waals surface area contributed by atoms with Crippen LogP contribution in [0.4, 0.5) is 0 Å². The predicted molar refractivity (Wildman–Crippen MR) is 81.1 cm³/mol. The van der Waals surface area contributed by atoms with E-state index in [2.05, 4.69) is 20.9 Å². The monoisotopic (exact) mass is 356 g/mol. The zero-order valence-electron chi connectivity index (χ0n) is 11.1. The summed E-state index contributed by atoms with van der Waals surface area (Å²) in [4.78, 5) is 16.2. The molecule has 0 amide bonds. The van der Waals surface area contributed by atoms with Crippen molar-refractivity contribution in [2.75, 3.05) is 6.61 Å². The van der Waals surface area contributed by atoms with E-state index >= 15 is 0 Å². The van der Waals surface area contributed by atoms with Crippen molar-refractivity contribution < 1.29 is 9.53 Å². The highest BCUT2D eigenvalue weighted by atomic mass is 79.9. The van der Waals surface area contributed by atoms with Crippen molar-refractivity contribution in [1.82, 2.24) is 9.55 Å². The van der Waals surface area contributed by atoms with E-state index in [9.17, 15) is 4.79 Å². The average Bonchev–Trinajstić information content (AvgIpc) is 2.74. The third-order valence-corrected chi connectivity index (χ3v) is 3.78. The summed E-state index contributed by atoms with van der Waals surface area (Å²) in [7, 11) is 0. The van der Waals surface area contributed by atoms with E-state index in [-0.39, 0.29) is 11.3 Å². The molecule has 0 aliphatic rings. The molecular weight excluding hydrogens is 344 g/mol. The van der Waals surface area contributed by atoms with Gasteiger partial charge < -0.3 is 9.30 Å². The quantitative estimate of drug-likeness (QED) is 0.774. The van der Waals surface area contributed by atoms with Crippen molar-refractivity contribution >= 4 is 33.5 Å². The number of aromatic nitrogens is 2. The van der Waals surface area contributed by atoms with Crippen LogP contribution in [0.25, 0.3) is 0 Å². The molecule has 0 fully saturated rings. The van der Waals surface area contributed by atoms with E-state index < -0.39 is 5.97 Å². The highest BCUT2D eigenvalue weighted by Crippen LogP contribution is 2.29. The number of imidazole rings is 1. The minimum Gasteiger partial charge on any atom is -0.461 e. The molecular formula is C14H14BrClN2O2. The summed E-state index contributed by atoms with van der Waals surface area (Å²) in [5.41, 5.74) is 1.36. The number of hydrogen-bond donors (Lipinski definition) is 0. The minimum absolute atomic E-state index is 0.123. The molecule has 0 saturated heterocycles. The number of hydrogen-bond acceptors (Lipinski definition) is 3. The maximum atomic E-state index is 12.1. The lowest BCUT2D eigenvalue weighted by molar-refractivity contribution is 0.0511. The normalized spacial score (nSPS) is 12.2. The molecule has 6 heteroatoms. The second kappa shape index (κ2) is 6.41. The summed E-state index contributed by atoms with van der Waals surface area (Å²) in [5, 5.41) is 0.247. The summed E-state index contributed by atoms with van der Waals surface area (Å²) in [6, 6.07) is 9.65. The smallest absolute Gasteiger partial charge is 0.357 e. The largest absolute Gasteiger partial charge is 0.461 e. The molecule has 0 radical (unpaired) electrons. The van der Waals surface area contributed by atoms with Crippen LogP contribution >= 0.6 is 27.5 Å². The van der Waals surface area contributed by atoms with Gasteiger partial charge in [0.15, 0.2) is 5.69 Å². The molecule has 1 unspecified atom stereocenters. The van der Waals surface area contributed by atoms with Gasteiger partial charge in [0.2, 0.25) is 5.28 Å². The van der Waals surface area contributed by atoms with Crippen LogP contribution in [0.3, 0.4) is 0 Å². The minimum atomic E-state index is -0.443. The Morgan fingerprint density at radius 2 is 2.10 bits per heavy atom. The first-order chi connectivity index (χ1) is 9.56. The standard InChI is InChI=1S/C14H14BrClN2O2/c1-3-20-13(19)11-12(15)17-14(16)18(11)9(2)10-7-5-4-6-8-10/h4-9H,3H2,1-2H3. The number of rotatable bonds is 4. The van der Waals surface area contributed by atoms with E-state index in [1.54, 1.807) is 11.5 Å². The number of benzene rings is 1. The van der Waals surface area contributed by atoms with Crippen molar-refractivity contribution in [2.45, 2.75) is 19.9 Å². The van der Waals surface area contributed by atoms with E-state index in [0.717, 1.165) is 5.56 Å². The first kappa shape index (κ1) is 15.1. The van der Waals surface area contributed by atoms with Crippen molar-refractivity contribution in [3.05, 3.63) is 51.5 Å². The highest BCUT2D eigenvalue weighted by molar-refractivity contribution is 9.10. The SMILES string of the molecule is CCOC(=O)c1c(Br)nc(Cl)n1C(C)c1ccccc1. The van der Waals surface area contributed by atoms with E-state index in [1.807, 2.05) is 37.3 Å². The number of ether oxygens (including phenoxy) is 1. The first-order valence-corrected chi connectivity index (χ1v) is 7.38. The summed E-state index contributed by atoms with van der Waals surface area (Å²) in [6.45, 7) is 4.01. The van der Waals surface area contributed by atoms with Gasteiger partial charge in [0.1, 0.15) is 4.60 Å². The van der Waals surface area contributed by atoms with Gasteiger partial charge in [-0.15, -0.1) is 0 Å². The van der Waals surface area contributed by atoms with Crippen molar-refractivity contribution in [2.24, 2.45) is 0 Å². The van der Waals surface area contributed by atoms with Crippen LogP contribution in [0.15, 0.2) is 34.9 Å². The number of nitrogens with zero attached hydrogens (tertiary/aromatic N) is 2. The summed E-state index contributed by atoms with van der Waals surface area (Å²) in [5.74, 6) is -0.443. The zero-order chi connectivity index (χ0) is 14.7. The number of halogens is 2. The Kier molecular flexibility index (Phi) is 4.83. The van der Waals surface area contributed by atoms with E-state index in [4.69, 9.17) is 16.3 Å². The maximum Gasteiger partial charge on any atom is 0.357 e. The Morgan fingerprint density at radius 3 is 2.70 bits per heavy atom. The molecule has 0 bridgehead atoms. The van der Waals surface area contributed by atoms with Gasteiger partial charge in [0.05, 0.1) is 12.6 Å². The second-order valence-electron chi connectivity index (χ2n) is 4.20. The lowest BCUT2D eigenvalue weighted by atomic mass is 10.1. The van der Waals surface area contributed by atoms with Gasteiger partial charge in [-0.05, 0) is 46.9 Å². The number of esters is 1. The Bertz CT molecular complexity index is 613. The number of carbonyl (C=O) groups is 1. The van der Waals surface area contributed by atoms with Crippen LogP contribution in [-0.4, -0.2) is 22.1 Å². The van der Waals surface area contributed by atoms with Gasteiger partial charge in [-0.3, -0.25) is 0 Å². The fourth-order valence-electron chi connectivity index (χ4n) is 2.00. The summed E-state index contributed by atoms with van der Waals surface area (Å²) < 4.78 is 7.12. The lowest BCUT2D eigenvalue weighted by Crippen LogP contribution is -2.16. The molecule has 1 aromatic carbocycles. The molecule has 4 nitrogen and oxygen atoms in total. The van der Waals surface area contributed by atoms with Crippen LogP contribution in [0, 0.1) is 0 Å². The topological polar surface area (TPSA) is 44.1 Å². The van der Waals surface area contributed by atoms with Crippen LogP contribution in [0.1, 0.15) is 35.9 Å². The molecule has 1 aromatic heterocycles. The lowest BCUT2D eigenvalue weighted by Gasteiger charge is -2.17. The summed E-state index contributed by atoms with van der Waals surface area (Å²) in [6.07, 6.45) is 0. The Hall–Kier alpha value is -1.33. The molecule has 1 atom stereocenters. The summed E-state index contributed by atoms with van der Waals surface area (Å²) >= 11 is 9.42. The molecule has 106 valence electrons. The van der Waals surface area contributed by atoms with Crippen molar-refractivity contribution in [3.8, 4) is 0 Å². The third kappa shape index (κ3) is 2.88. The fraction of sp³-hybridized carbons (Fsp3) is 0.286. The average molecular weight is 358 g/mol. The molecule has 0 N–H and O–H groups in total. The molecule has 2 aromatic rings. The highest BCUT2D eigenvalue weighted by Gasteiger charge is 2.25. The molecule has 0 spiro atoms. The van der Waals surface area contributed by atoms with Gasteiger partial charge in [-0.1, -0.05) is 30.3 Å². The molecule has 20 heavy (non-hydrogen) atoms. The fourth-order valence-corrected chi connectivity index (χ4v) is 2.93. The Labute approximate surface area is 130 Å². The first-order valence-electron chi connectivity index (χ1n) is 6.21. The molecule has 0 saturated carbocycles. The Balaban J connectivity index is 2.48. The van der Waals surface area contributed by atoms with Gasteiger partial charge in [-0.2, -0.15) is 0 Å². The van der Waals surface area contributed by atoms with Crippen LogP contribution in [0.2, 0.25) is 5.28 Å². The van der Waals surface area contributed by atoms with Crippen LogP contribution < -0.4 is 0 Å². The van der Waals surface area contributed by atoms with E-state index in [0.29, 0.717) is 16.9 Å². The van der Waals surface area contributed by atoms with Gasteiger partial charge in [-0.25, -0.2) is 9.78 Å². The second-order valence-corrected chi connectivity index (χ2v) is 5.29. The zero-order valence-corrected chi connectivity index (χ0v) is 13.5. The number of carbonyl (C=O) groups excluding carboxylic acids is 1. The van der Waals surface area contributed by atoms with Gasteiger partial charge in [0.25, 0.3) is 0 Å². The van der Waals surface area contributed by atoms with Crippen molar-refractivity contribution in [1.29, 1.82) is 0 Å². The maximum absolute atomic E-state index is 12.1. The molecule has 1 heterocycles. The van der Waals surface area contributed by atoms with Crippen LogP contribution in [0.5, 0.6) is 0 Å². The molecule has 0 aliphatic carbocycles. The third-order valence-electron chi connectivity index (χ3n) is 2.96. The van der Waals surface area contributed by atoms with Crippen molar-refractivity contribution in [3.63, 3.8) is 0 Å². The Morgan fingerprint density at radius 1 is 1.45 bits per heavy atom.